The average Bonchev–Trinajstić information content (AvgIpc) is 2.69. The van der Waals surface area contributed by atoms with Gasteiger partial charge in [-0.05, 0) is 36.8 Å². The van der Waals surface area contributed by atoms with Gasteiger partial charge in [-0.3, -0.25) is 9.59 Å². The summed E-state index contributed by atoms with van der Waals surface area (Å²) in [5.74, 6) is 0.636. The van der Waals surface area contributed by atoms with Gasteiger partial charge in [0.25, 0.3) is 5.56 Å². The lowest BCUT2D eigenvalue weighted by molar-refractivity contribution is -0.132. The highest BCUT2D eigenvalue weighted by Crippen LogP contribution is 2.34. The second-order valence-electron chi connectivity index (χ2n) is 6.42. The van der Waals surface area contributed by atoms with Gasteiger partial charge in [0.1, 0.15) is 5.82 Å². The first-order valence-corrected chi connectivity index (χ1v) is 10.7. The van der Waals surface area contributed by atoms with Gasteiger partial charge >= 0.3 is 5.97 Å². The number of nitrogens with zero attached hydrogens (tertiary/aromatic N) is 3. The molecule has 0 unspecified atom stereocenters. The molecule has 30 heavy (non-hydrogen) atoms. The number of ether oxygens (including phenoxy) is 2. The molecule has 0 fully saturated rings. The Morgan fingerprint density at radius 2 is 2.00 bits per heavy atom. The van der Waals surface area contributed by atoms with Gasteiger partial charge in [-0.2, -0.15) is 9.78 Å². The number of hydrogen-bond donors (Lipinski definition) is 0. The molecule has 0 aliphatic heterocycles. The highest BCUT2D eigenvalue weighted by Gasteiger charge is 2.15. The fraction of sp³-hybridized carbons (Fsp3) is 0.238. The minimum Gasteiger partial charge on any atom is -0.493 e. The zero-order chi connectivity index (χ0) is 21.8. The number of carbonyl (C=O) groups excluding carboxylic acids is 1. The van der Waals surface area contributed by atoms with Crippen LogP contribution in [0.25, 0.3) is 10.9 Å². The number of aryl methyl sites for hydroxylation is 1. The number of fused-ring (bicyclic) bond motifs is 1. The van der Waals surface area contributed by atoms with Crippen LogP contribution >= 0.6 is 31.9 Å². The van der Waals surface area contributed by atoms with Gasteiger partial charge in [-0.1, -0.05) is 38.8 Å². The third kappa shape index (κ3) is 4.79. The van der Waals surface area contributed by atoms with Gasteiger partial charge in [0.2, 0.25) is 0 Å². The molecule has 0 spiro atoms. The van der Waals surface area contributed by atoms with Crippen molar-refractivity contribution in [2.24, 2.45) is 5.10 Å². The molecule has 0 saturated carbocycles. The molecule has 0 bridgehead atoms. The molecule has 0 aliphatic carbocycles. The second-order valence-corrected chi connectivity index (χ2v) is 8.25. The number of hydrogen-bond acceptors (Lipinski definition) is 6. The van der Waals surface area contributed by atoms with E-state index < -0.39 is 5.97 Å². The number of methoxy groups -OCH3 is 1. The topological polar surface area (TPSA) is 82.8 Å². The monoisotopic (exact) mass is 535 g/mol. The Labute approximate surface area is 190 Å². The molecule has 7 nitrogen and oxygen atoms in total. The molecule has 1 aromatic heterocycles. The van der Waals surface area contributed by atoms with E-state index >= 15 is 0 Å². The van der Waals surface area contributed by atoms with Crippen LogP contribution in [0.3, 0.4) is 0 Å². The van der Waals surface area contributed by atoms with Crippen molar-refractivity contribution in [2.75, 3.05) is 7.11 Å². The minimum atomic E-state index is -0.494. The van der Waals surface area contributed by atoms with E-state index in [1.807, 2.05) is 13.0 Å². The maximum atomic E-state index is 13.1. The molecular weight excluding hydrogens is 518 g/mol. The number of benzene rings is 2. The van der Waals surface area contributed by atoms with Crippen LogP contribution in [-0.4, -0.2) is 29.0 Å². The molecular formula is C21H19Br2N3O4. The minimum absolute atomic E-state index is 0.221. The summed E-state index contributed by atoms with van der Waals surface area (Å²) in [6.45, 7) is 3.31. The van der Waals surface area contributed by atoms with Crippen LogP contribution in [0, 0.1) is 0 Å². The molecule has 0 aliphatic rings. The van der Waals surface area contributed by atoms with Crippen LogP contribution in [0.15, 0.2) is 49.2 Å². The summed E-state index contributed by atoms with van der Waals surface area (Å²) in [7, 11) is 1.48. The van der Waals surface area contributed by atoms with E-state index in [1.54, 1.807) is 24.3 Å². The second kappa shape index (κ2) is 9.53. The molecule has 2 aromatic carbocycles. The first-order chi connectivity index (χ1) is 14.3. The molecule has 156 valence electrons. The Balaban J connectivity index is 2.19. The molecule has 0 atom stereocenters. The maximum absolute atomic E-state index is 13.1. The molecule has 0 amide bonds. The van der Waals surface area contributed by atoms with E-state index in [2.05, 4.69) is 41.9 Å². The van der Waals surface area contributed by atoms with Crippen molar-refractivity contribution in [1.82, 2.24) is 9.66 Å². The summed E-state index contributed by atoms with van der Waals surface area (Å²) in [5.41, 5.74) is 0.805. The fourth-order valence-electron chi connectivity index (χ4n) is 2.91. The Bertz CT molecular complexity index is 1210. The predicted octanol–water partition coefficient (Wildman–Crippen LogP) is 4.69. The lowest BCUT2D eigenvalue weighted by Gasteiger charge is -2.12. The normalized spacial score (nSPS) is 11.2. The highest BCUT2D eigenvalue weighted by atomic mass is 79.9. The Morgan fingerprint density at radius 3 is 2.67 bits per heavy atom. The number of rotatable bonds is 6. The Hall–Kier alpha value is -2.52. The van der Waals surface area contributed by atoms with Crippen LogP contribution in [0.5, 0.6) is 11.5 Å². The first-order valence-electron chi connectivity index (χ1n) is 9.15. The van der Waals surface area contributed by atoms with Gasteiger partial charge in [-0.25, -0.2) is 4.98 Å². The lowest BCUT2D eigenvalue weighted by atomic mass is 10.2. The fourth-order valence-corrected chi connectivity index (χ4v) is 3.72. The molecule has 3 rings (SSSR count). The Morgan fingerprint density at radius 1 is 1.23 bits per heavy atom. The third-order valence-corrected chi connectivity index (χ3v) is 5.13. The number of carbonyl (C=O) groups is 1. The summed E-state index contributed by atoms with van der Waals surface area (Å²) in [5, 5.41) is 4.84. The van der Waals surface area contributed by atoms with Crippen LogP contribution < -0.4 is 15.0 Å². The van der Waals surface area contributed by atoms with E-state index in [4.69, 9.17) is 9.47 Å². The summed E-state index contributed by atoms with van der Waals surface area (Å²) in [6.07, 6.45) is 2.84. The maximum Gasteiger partial charge on any atom is 0.308 e. The summed E-state index contributed by atoms with van der Waals surface area (Å²) in [6, 6.07) is 8.77. The van der Waals surface area contributed by atoms with Crippen LogP contribution in [0.4, 0.5) is 0 Å². The highest BCUT2D eigenvalue weighted by molar-refractivity contribution is 9.10. The van der Waals surface area contributed by atoms with E-state index in [9.17, 15) is 9.59 Å². The van der Waals surface area contributed by atoms with Crippen molar-refractivity contribution in [3.8, 4) is 11.5 Å². The molecule has 0 saturated heterocycles. The summed E-state index contributed by atoms with van der Waals surface area (Å²) >= 11 is 6.80. The third-order valence-electron chi connectivity index (χ3n) is 4.18. The van der Waals surface area contributed by atoms with Crippen molar-refractivity contribution in [3.05, 3.63) is 61.0 Å². The molecule has 1 heterocycles. The number of halogens is 2. The lowest BCUT2D eigenvalue weighted by Crippen LogP contribution is -2.22. The van der Waals surface area contributed by atoms with Crippen molar-refractivity contribution in [3.63, 3.8) is 0 Å². The van der Waals surface area contributed by atoms with E-state index in [0.29, 0.717) is 38.9 Å². The van der Waals surface area contributed by atoms with Gasteiger partial charge in [0.15, 0.2) is 11.5 Å². The number of aromatic nitrogens is 2. The quantitative estimate of drug-likeness (QED) is 0.259. The molecule has 0 N–H and O–H groups in total. The smallest absolute Gasteiger partial charge is 0.308 e. The van der Waals surface area contributed by atoms with Crippen LogP contribution in [0.1, 0.15) is 31.7 Å². The zero-order valence-electron chi connectivity index (χ0n) is 16.6. The molecule has 3 aromatic rings. The van der Waals surface area contributed by atoms with Gasteiger partial charge in [-0.15, -0.1) is 0 Å². The van der Waals surface area contributed by atoms with Crippen molar-refractivity contribution >= 4 is 54.9 Å². The molecule has 9 heteroatoms. The first kappa shape index (κ1) is 22.2. The van der Waals surface area contributed by atoms with Crippen LogP contribution in [0.2, 0.25) is 0 Å². The standard InChI is InChI=1S/C21H19Br2N3O4/c1-4-5-19-25-17-7-6-14(22)9-16(17)21(28)26(19)24-11-13-8-15(23)10-18(29-3)20(13)30-12(2)27/h6-11H,4-5H2,1-3H3. The SMILES string of the molecule is CCCc1nc2ccc(Br)cc2c(=O)n1N=Cc1cc(Br)cc(OC)c1OC(C)=O. The van der Waals surface area contributed by atoms with Gasteiger partial charge in [0.05, 0.1) is 24.2 Å². The largest absolute Gasteiger partial charge is 0.493 e. The summed E-state index contributed by atoms with van der Waals surface area (Å²) in [4.78, 5) is 29.3. The van der Waals surface area contributed by atoms with Crippen LogP contribution in [-0.2, 0) is 11.2 Å². The molecule has 0 radical (unpaired) electrons. The zero-order valence-corrected chi connectivity index (χ0v) is 19.8. The Kier molecular flexibility index (Phi) is 7.04. The van der Waals surface area contributed by atoms with Crippen molar-refractivity contribution in [1.29, 1.82) is 0 Å². The van der Waals surface area contributed by atoms with E-state index in [0.717, 1.165) is 10.9 Å². The average molecular weight is 537 g/mol. The van der Waals surface area contributed by atoms with Crippen molar-refractivity contribution in [2.45, 2.75) is 26.7 Å². The van der Waals surface area contributed by atoms with Gasteiger partial charge < -0.3 is 9.47 Å². The number of esters is 1. The van der Waals surface area contributed by atoms with E-state index in [-0.39, 0.29) is 11.3 Å². The summed E-state index contributed by atoms with van der Waals surface area (Å²) < 4.78 is 13.4. The van der Waals surface area contributed by atoms with Crippen molar-refractivity contribution < 1.29 is 14.3 Å². The van der Waals surface area contributed by atoms with Gasteiger partial charge in [0, 0.05) is 27.9 Å². The predicted molar refractivity (Wildman–Crippen MR) is 123 cm³/mol. The van der Waals surface area contributed by atoms with E-state index in [1.165, 1.54) is 24.9 Å².